The predicted molar refractivity (Wildman–Crippen MR) is 122 cm³/mol. The number of aromatic nitrogens is 3. The lowest BCUT2D eigenvalue weighted by molar-refractivity contribution is 0.126. The number of nitrogens with zero attached hydrogens (tertiary/aromatic N) is 5. The van der Waals surface area contributed by atoms with E-state index in [1.165, 1.54) is 5.56 Å². The molecule has 7 heteroatoms. The number of amides is 2. The van der Waals surface area contributed by atoms with Gasteiger partial charge < -0.3 is 5.32 Å². The van der Waals surface area contributed by atoms with Crippen LogP contribution in [0.2, 0.25) is 0 Å². The second-order valence-electron chi connectivity index (χ2n) is 8.04. The van der Waals surface area contributed by atoms with E-state index < -0.39 is 0 Å². The number of hydrogen-bond acceptors (Lipinski definition) is 5. The zero-order chi connectivity index (χ0) is 21.7. The average molecular weight is 417 g/mol. The first-order chi connectivity index (χ1) is 15.1. The van der Waals surface area contributed by atoms with Gasteiger partial charge in [0.2, 0.25) is 0 Å². The van der Waals surface area contributed by atoms with E-state index in [1.54, 1.807) is 29.7 Å². The smallest absolute Gasteiger partial charge is 0.321 e. The molecule has 4 rings (SSSR count). The highest BCUT2D eigenvalue weighted by Gasteiger charge is 2.35. The van der Waals surface area contributed by atoms with E-state index in [4.69, 9.17) is 0 Å². The molecule has 1 saturated heterocycles. The van der Waals surface area contributed by atoms with E-state index in [2.05, 4.69) is 63.5 Å². The second kappa shape index (κ2) is 9.22. The van der Waals surface area contributed by atoms with Gasteiger partial charge in [-0.2, -0.15) is 0 Å². The van der Waals surface area contributed by atoms with Crippen molar-refractivity contribution in [3.05, 3.63) is 72.8 Å². The van der Waals surface area contributed by atoms with Gasteiger partial charge >= 0.3 is 6.03 Å². The molecule has 1 aliphatic heterocycles. The maximum atomic E-state index is 12.9. The lowest BCUT2D eigenvalue weighted by atomic mass is 9.81. The molecule has 2 amide bonds. The van der Waals surface area contributed by atoms with Crippen molar-refractivity contribution in [3.63, 3.8) is 0 Å². The number of nitrogens with one attached hydrogen (secondary N) is 1. The van der Waals surface area contributed by atoms with Gasteiger partial charge in [-0.1, -0.05) is 30.3 Å². The SMILES string of the molecule is CN(C)[C@@]1(c2ccccc2)CCCN(c2cnc(-c3cccnc3)nc2)C(=O)NCC1. The topological polar surface area (TPSA) is 74.2 Å². The van der Waals surface area contributed by atoms with Crippen molar-refractivity contribution < 1.29 is 4.79 Å². The highest BCUT2D eigenvalue weighted by molar-refractivity contribution is 5.91. The maximum absolute atomic E-state index is 12.9. The highest BCUT2D eigenvalue weighted by Crippen LogP contribution is 2.36. The van der Waals surface area contributed by atoms with E-state index in [1.807, 2.05) is 18.2 Å². The largest absolute Gasteiger partial charge is 0.338 e. The summed E-state index contributed by atoms with van der Waals surface area (Å²) in [6.07, 6.45) is 9.53. The predicted octanol–water partition coefficient (Wildman–Crippen LogP) is 3.70. The van der Waals surface area contributed by atoms with Crippen LogP contribution < -0.4 is 10.2 Å². The van der Waals surface area contributed by atoms with Crippen LogP contribution in [-0.2, 0) is 5.54 Å². The van der Waals surface area contributed by atoms with Crippen LogP contribution in [0.4, 0.5) is 10.5 Å². The third-order valence-electron chi connectivity index (χ3n) is 6.07. The van der Waals surface area contributed by atoms with E-state index in [-0.39, 0.29) is 11.6 Å². The summed E-state index contributed by atoms with van der Waals surface area (Å²) in [6.45, 7) is 1.20. The van der Waals surface area contributed by atoms with Crippen LogP contribution in [-0.4, -0.2) is 53.1 Å². The standard InChI is InChI=1S/C24H28N6O/c1-29(2)24(20-9-4-3-5-10-20)11-7-15-30(23(31)26-14-12-24)21-17-27-22(28-18-21)19-8-6-13-25-16-19/h3-6,8-10,13,16-18H,7,11-12,14-15H2,1-2H3,(H,26,31)/t24-/m0/s1. The van der Waals surface area contributed by atoms with Crippen molar-refractivity contribution in [2.24, 2.45) is 0 Å². The number of rotatable bonds is 4. The van der Waals surface area contributed by atoms with Crippen molar-refractivity contribution in [2.45, 2.75) is 24.8 Å². The molecule has 1 N–H and O–H groups in total. The van der Waals surface area contributed by atoms with Crippen molar-refractivity contribution in [1.82, 2.24) is 25.2 Å². The minimum atomic E-state index is -0.120. The molecule has 3 aromatic rings. The van der Waals surface area contributed by atoms with Gasteiger partial charge in [-0.15, -0.1) is 0 Å². The molecule has 160 valence electrons. The summed E-state index contributed by atoms with van der Waals surface area (Å²) in [5, 5.41) is 3.09. The lowest BCUT2D eigenvalue weighted by Crippen LogP contribution is -2.44. The number of pyridine rings is 1. The molecule has 31 heavy (non-hydrogen) atoms. The van der Waals surface area contributed by atoms with Gasteiger partial charge in [-0.3, -0.25) is 14.8 Å². The van der Waals surface area contributed by atoms with Gasteiger partial charge in [0.25, 0.3) is 0 Å². The Morgan fingerprint density at radius 1 is 1.00 bits per heavy atom. The number of anilines is 1. The Bertz CT molecular complexity index is 994. The Morgan fingerprint density at radius 2 is 1.77 bits per heavy atom. The summed E-state index contributed by atoms with van der Waals surface area (Å²) in [5.41, 5.74) is 2.71. The quantitative estimate of drug-likeness (QED) is 0.702. The van der Waals surface area contributed by atoms with Crippen molar-refractivity contribution in [2.75, 3.05) is 32.1 Å². The van der Waals surface area contributed by atoms with E-state index in [0.29, 0.717) is 24.6 Å². The van der Waals surface area contributed by atoms with Crippen LogP contribution in [0.15, 0.2) is 67.3 Å². The Hall–Kier alpha value is -3.32. The summed E-state index contributed by atoms with van der Waals surface area (Å²) in [6, 6.07) is 14.2. The summed E-state index contributed by atoms with van der Waals surface area (Å²) >= 11 is 0. The number of hydrogen-bond donors (Lipinski definition) is 1. The Morgan fingerprint density at radius 3 is 2.45 bits per heavy atom. The van der Waals surface area contributed by atoms with Gasteiger partial charge in [0.1, 0.15) is 0 Å². The Balaban J connectivity index is 1.55. The number of carbonyl (C=O) groups excluding carboxylic acids is 1. The number of benzene rings is 1. The number of urea groups is 1. The zero-order valence-corrected chi connectivity index (χ0v) is 18.0. The second-order valence-corrected chi connectivity index (χ2v) is 8.04. The van der Waals surface area contributed by atoms with Gasteiger partial charge in [0.15, 0.2) is 5.82 Å². The van der Waals surface area contributed by atoms with Crippen molar-refractivity contribution in [1.29, 1.82) is 0 Å². The first-order valence-corrected chi connectivity index (χ1v) is 10.6. The summed E-state index contributed by atoms with van der Waals surface area (Å²) < 4.78 is 0. The molecule has 1 atom stereocenters. The number of carbonyl (C=O) groups is 1. The van der Waals surface area contributed by atoms with Gasteiger partial charge in [0, 0.05) is 36.6 Å². The fourth-order valence-corrected chi connectivity index (χ4v) is 4.32. The maximum Gasteiger partial charge on any atom is 0.321 e. The molecule has 0 aliphatic carbocycles. The molecular formula is C24H28N6O. The molecule has 1 aliphatic rings. The monoisotopic (exact) mass is 416 g/mol. The van der Waals surface area contributed by atoms with Gasteiger partial charge in [0.05, 0.1) is 18.1 Å². The summed E-state index contributed by atoms with van der Waals surface area (Å²) in [4.78, 5) is 30.0. The molecular weight excluding hydrogens is 388 g/mol. The average Bonchev–Trinajstić information content (AvgIpc) is 2.90. The molecule has 0 saturated carbocycles. The minimum absolute atomic E-state index is 0.111. The fraction of sp³-hybridized carbons (Fsp3) is 0.333. The molecule has 0 unspecified atom stereocenters. The molecule has 0 radical (unpaired) electrons. The van der Waals surface area contributed by atoms with E-state index in [0.717, 1.165) is 24.8 Å². The van der Waals surface area contributed by atoms with Crippen LogP contribution in [0.5, 0.6) is 0 Å². The minimum Gasteiger partial charge on any atom is -0.338 e. The molecule has 1 aromatic carbocycles. The Labute approximate surface area is 183 Å². The van der Waals surface area contributed by atoms with E-state index >= 15 is 0 Å². The lowest BCUT2D eigenvalue weighted by Gasteiger charge is -2.41. The molecule has 1 fully saturated rings. The van der Waals surface area contributed by atoms with Crippen molar-refractivity contribution >= 4 is 11.7 Å². The van der Waals surface area contributed by atoms with Crippen LogP contribution in [0, 0.1) is 0 Å². The van der Waals surface area contributed by atoms with Crippen LogP contribution in [0.1, 0.15) is 24.8 Å². The highest BCUT2D eigenvalue weighted by atomic mass is 16.2. The van der Waals surface area contributed by atoms with Crippen LogP contribution >= 0.6 is 0 Å². The molecule has 7 nitrogen and oxygen atoms in total. The Kier molecular flexibility index (Phi) is 6.23. The van der Waals surface area contributed by atoms with Gasteiger partial charge in [-0.05, 0) is 51.1 Å². The molecule has 0 bridgehead atoms. The van der Waals surface area contributed by atoms with Gasteiger partial charge in [-0.25, -0.2) is 14.8 Å². The molecule has 3 heterocycles. The third kappa shape index (κ3) is 4.41. The van der Waals surface area contributed by atoms with E-state index in [9.17, 15) is 4.79 Å². The first kappa shape index (κ1) is 20.9. The van der Waals surface area contributed by atoms with Crippen LogP contribution in [0.25, 0.3) is 11.4 Å². The summed E-state index contributed by atoms with van der Waals surface area (Å²) in [5.74, 6) is 0.595. The van der Waals surface area contributed by atoms with Crippen LogP contribution in [0.3, 0.4) is 0 Å². The third-order valence-corrected chi connectivity index (χ3v) is 6.07. The summed E-state index contributed by atoms with van der Waals surface area (Å²) in [7, 11) is 4.24. The zero-order valence-electron chi connectivity index (χ0n) is 18.0. The van der Waals surface area contributed by atoms with Crippen molar-refractivity contribution in [3.8, 4) is 11.4 Å². The first-order valence-electron chi connectivity index (χ1n) is 10.6. The fourth-order valence-electron chi connectivity index (χ4n) is 4.32. The molecule has 2 aromatic heterocycles. The normalized spacial score (nSPS) is 20.0. The molecule has 0 spiro atoms.